The predicted octanol–water partition coefficient (Wildman–Crippen LogP) is 4.88. The quantitative estimate of drug-likeness (QED) is 0.310. The molecule has 4 rings (SSSR count). The van der Waals surface area contributed by atoms with Crippen LogP contribution in [0.1, 0.15) is 33.6 Å². The van der Waals surface area contributed by atoms with E-state index in [4.69, 9.17) is 18.6 Å². The van der Waals surface area contributed by atoms with Gasteiger partial charge < -0.3 is 28.8 Å². The van der Waals surface area contributed by atoms with Gasteiger partial charge in [0, 0.05) is 18.2 Å². The molecule has 0 radical (unpaired) electrons. The summed E-state index contributed by atoms with van der Waals surface area (Å²) in [6, 6.07) is 11.8. The molecule has 3 aromatic rings. The van der Waals surface area contributed by atoms with Crippen LogP contribution in [-0.2, 0) is 9.84 Å². The number of fused-ring (bicyclic) bond motifs is 1. The van der Waals surface area contributed by atoms with Crippen LogP contribution in [-0.4, -0.2) is 64.3 Å². The van der Waals surface area contributed by atoms with Crippen LogP contribution in [0.3, 0.4) is 0 Å². The van der Waals surface area contributed by atoms with Gasteiger partial charge in [-0.05, 0) is 68.9 Å². The number of aromatic nitrogens is 1. The number of oxazole rings is 1. The minimum absolute atomic E-state index is 0.0612. The summed E-state index contributed by atoms with van der Waals surface area (Å²) in [7, 11) is -4.01. The van der Waals surface area contributed by atoms with Crippen molar-refractivity contribution in [1.29, 1.82) is 0 Å². The van der Waals surface area contributed by atoms with Crippen molar-refractivity contribution < 1.29 is 27.0 Å². The second-order valence-electron chi connectivity index (χ2n) is 8.64. The lowest BCUT2D eigenvalue weighted by Crippen LogP contribution is -2.25. The first kappa shape index (κ1) is 26.8. The summed E-state index contributed by atoms with van der Waals surface area (Å²) in [6.45, 7) is 11.1. The number of nitrogens with one attached hydrogen (secondary N) is 1. The van der Waals surface area contributed by atoms with Crippen molar-refractivity contribution in [1.82, 2.24) is 9.88 Å². The van der Waals surface area contributed by atoms with Crippen molar-refractivity contribution in [2.75, 3.05) is 51.3 Å². The first-order valence-electron chi connectivity index (χ1n) is 12.8. The van der Waals surface area contributed by atoms with E-state index in [2.05, 4.69) is 29.0 Å². The Morgan fingerprint density at radius 2 is 1.73 bits per heavy atom. The molecule has 200 valence electrons. The molecule has 0 spiro atoms. The van der Waals surface area contributed by atoms with Crippen LogP contribution in [0, 0.1) is 0 Å². The maximum absolute atomic E-state index is 13.7. The number of benzene rings is 2. The molecule has 2 heterocycles. The standard InChI is InChI=1S/C27H35N3O6S/c1-4-16-33-21-10-8-20(9-11-21)25-29-27(26(36-25)28-14-7-15-30(5-2)6-3)37(31,32)22-12-13-23-24(19-22)35-18-17-34-23/h8-13,19,28H,4-7,14-18H2,1-3H3. The van der Waals surface area contributed by atoms with Gasteiger partial charge in [-0.25, -0.2) is 8.42 Å². The molecule has 9 nitrogen and oxygen atoms in total. The van der Waals surface area contributed by atoms with Crippen LogP contribution in [0.15, 0.2) is 56.8 Å². The van der Waals surface area contributed by atoms with Crippen molar-refractivity contribution in [3.05, 3.63) is 42.5 Å². The number of rotatable bonds is 13. The van der Waals surface area contributed by atoms with Gasteiger partial charge in [0.05, 0.1) is 11.5 Å². The number of anilines is 1. The van der Waals surface area contributed by atoms with E-state index in [1.807, 2.05) is 19.1 Å². The van der Waals surface area contributed by atoms with Gasteiger partial charge in [-0.1, -0.05) is 20.8 Å². The summed E-state index contributed by atoms with van der Waals surface area (Å²) in [5.74, 6) is 1.98. The van der Waals surface area contributed by atoms with Gasteiger partial charge in [0.15, 0.2) is 11.5 Å². The highest BCUT2D eigenvalue weighted by Gasteiger charge is 2.30. The Morgan fingerprint density at radius 3 is 2.43 bits per heavy atom. The molecule has 1 N–H and O–H groups in total. The smallest absolute Gasteiger partial charge is 0.233 e. The summed E-state index contributed by atoms with van der Waals surface area (Å²) in [6.07, 6.45) is 1.73. The largest absolute Gasteiger partial charge is 0.494 e. The molecule has 0 amide bonds. The third-order valence-corrected chi connectivity index (χ3v) is 7.74. The first-order valence-corrected chi connectivity index (χ1v) is 14.3. The summed E-state index contributed by atoms with van der Waals surface area (Å²) in [5.41, 5.74) is 0.652. The SMILES string of the molecule is CCCOc1ccc(-c2nc(S(=O)(=O)c3ccc4c(c3)OCCO4)c(NCCCN(CC)CC)o2)cc1. The lowest BCUT2D eigenvalue weighted by molar-refractivity contribution is 0.171. The fraction of sp³-hybridized carbons (Fsp3) is 0.444. The molecule has 1 aliphatic rings. The maximum atomic E-state index is 13.7. The van der Waals surface area contributed by atoms with Crippen LogP contribution in [0.25, 0.3) is 11.5 Å². The molecule has 0 aliphatic carbocycles. The zero-order chi connectivity index (χ0) is 26.3. The fourth-order valence-electron chi connectivity index (χ4n) is 3.98. The van der Waals surface area contributed by atoms with E-state index in [-0.39, 0.29) is 21.7 Å². The lowest BCUT2D eigenvalue weighted by Gasteiger charge is -2.18. The van der Waals surface area contributed by atoms with E-state index in [9.17, 15) is 8.42 Å². The second kappa shape index (κ2) is 12.3. The minimum Gasteiger partial charge on any atom is -0.494 e. The number of hydrogen-bond donors (Lipinski definition) is 1. The molecule has 10 heteroatoms. The maximum Gasteiger partial charge on any atom is 0.233 e. The van der Waals surface area contributed by atoms with Crippen molar-refractivity contribution in [3.63, 3.8) is 0 Å². The third-order valence-electron chi connectivity index (χ3n) is 6.08. The average molecular weight is 530 g/mol. The molecule has 0 bridgehead atoms. The molecule has 0 saturated carbocycles. The Hall–Kier alpha value is -3.24. The number of ether oxygens (including phenoxy) is 3. The van der Waals surface area contributed by atoms with E-state index < -0.39 is 9.84 Å². The van der Waals surface area contributed by atoms with E-state index in [0.717, 1.165) is 38.2 Å². The van der Waals surface area contributed by atoms with Crippen molar-refractivity contribution in [2.24, 2.45) is 0 Å². The fourth-order valence-corrected chi connectivity index (χ4v) is 5.28. The van der Waals surface area contributed by atoms with Crippen molar-refractivity contribution in [3.8, 4) is 28.7 Å². The molecular formula is C27H35N3O6S. The Kier molecular flexibility index (Phi) is 8.94. The van der Waals surface area contributed by atoms with E-state index in [0.29, 0.717) is 43.4 Å². The second-order valence-corrected chi connectivity index (χ2v) is 10.5. The first-order chi connectivity index (χ1) is 18.0. The Labute approximate surface area is 218 Å². The highest BCUT2D eigenvalue weighted by Crippen LogP contribution is 2.37. The molecular weight excluding hydrogens is 494 g/mol. The molecule has 0 saturated heterocycles. The van der Waals surface area contributed by atoms with Crippen molar-refractivity contribution >= 4 is 15.7 Å². The minimum atomic E-state index is -4.01. The summed E-state index contributed by atoms with van der Waals surface area (Å²) in [4.78, 5) is 6.81. The van der Waals surface area contributed by atoms with Crippen LogP contribution in [0.2, 0.25) is 0 Å². The summed E-state index contributed by atoms with van der Waals surface area (Å²) >= 11 is 0. The normalized spacial score (nSPS) is 13.1. The van der Waals surface area contributed by atoms with Gasteiger partial charge in [-0.3, -0.25) is 0 Å². The number of nitrogens with zero attached hydrogens (tertiary/aromatic N) is 2. The van der Waals surface area contributed by atoms with Crippen LogP contribution in [0.5, 0.6) is 17.2 Å². The molecule has 37 heavy (non-hydrogen) atoms. The molecule has 0 unspecified atom stereocenters. The van der Waals surface area contributed by atoms with E-state index >= 15 is 0 Å². The van der Waals surface area contributed by atoms with Gasteiger partial charge in [-0.15, -0.1) is 0 Å². The molecule has 0 atom stereocenters. The van der Waals surface area contributed by atoms with Gasteiger partial charge in [0.2, 0.25) is 26.6 Å². The van der Waals surface area contributed by atoms with Crippen LogP contribution < -0.4 is 19.5 Å². The van der Waals surface area contributed by atoms with E-state index in [1.165, 1.54) is 12.1 Å². The third kappa shape index (κ3) is 6.37. The Bertz CT molecular complexity index is 1270. The van der Waals surface area contributed by atoms with Crippen molar-refractivity contribution in [2.45, 2.75) is 43.5 Å². The number of sulfone groups is 1. The molecule has 2 aromatic carbocycles. The number of hydrogen-bond acceptors (Lipinski definition) is 9. The highest BCUT2D eigenvalue weighted by molar-refractivity contribution is 7.91. The molecule has 1 aromatic heterocycles. The predicted molar refractivity (Wildman–Crippen MR) is 142 cm³/mol. The summed E-state index contributed by atoms with van der Waals surface area (Å²) in [5, 5.41) is 3.01. The van der Waals surface area contributed by atoms with Crippen LogP contribution >= 0.6 is 0 Å². The zero-order valence-electron chi connectivity index (χ0n) is 21.7. The van der Waals surface area contributed by atoms with Gasteiger partial charge in [0.25, 0.3) is 0 Å². The Morgan fingerprint density at radius 1 is 1.00 bits per heavy atom. The molecule has 1 aliphatic heterocycles. The van der Waals surface area contributed by atoms with Gasteiger partial charge >= 0.3 is 0 Å². The lowest BCUT2D eigenvalue weighted by atomic mass is 10.2. The Balaban J connectivity index is 1.63. The van der Waals surface area contributed by atoms with Gasteiger partial charge in [0.1, 0.15) is 19.0 Å². The molecule has 0 fully saturated rings. The monoisotopic (exact) mass is 529 g/mol. The van der Waals surface area contributed by atoms with E-state index in [1.54, 1.807) is 18.2 Å². The van der Waals surface area contributed by atoms with Crippen LogP contribution in [0.4, 0.5) is 5.88 Å². The highest BCUT2D eigenvalue weighted by atomic mass is 32.2. The summed E-state index contributed by atoms with van der Waals surface area (Å²) < 4.78 is 50.2. The topological polar surface area (TPSA) is 103 Å². The van der Waals surface area contributed by atoms with Gasteiger partial charge in [-0.2, -0.15) is 4.98 Å². The zero-order valence-corrected chi connectivity index (χ0v) is 22.5. The average Bonchev–Trinajstić information content (AvgIpc) is 3.37.